The summed E-state index contributed by atoms with van der Waals surface area (Å²) in [6, 6.07) is 5.38. The summed E-state index contributed by atoms with van der Waals surface area (Å²) >= 11 is 0. The number of nitrogens with zero attached hydrogens (tertiary/aromatic N) is 5. The van der Waals surface area contributed by atoms with Crippen molar-refractivity contribution in [2.75, 3.05) is 6.54 Å². The van der Waals surface area contributed by atoms with E-state index in [1.807, 2.05) is 25.3 Å². The Morgan fingerprint density at radius 1 is 1.22 bits per heavy atom. The smallest absolute Gasteiger partial charge is 0.270 e. The Labute approximate surface area is 209 Å². The first kappa shape index (κ1) is 23.1. The van der Waals surface area contributed by atoms with Crippen molar-refractivity contribution in [3.63, 3.8) is 0 Å². The number of carbonyl (C=O) groups is 2. The lowest BCUT2D eigenvalue weighted by molar-refractivity contribution is -0.129. The minimum absolute atomic E-state index is 0.0423. The predicted octanol–water partition coefficient (Wildman–Crippen LogP) is 1.89. The molecule has 0 radical (unpaired) electrons. The first-order chi connectivity index (χ1) is 17.5. The van der Waals surface area contributed by atoms with Crippen molar-refractivity contribution >= 4 is 17.5 Å². The summed E-state index contributed by atoms with van der Waals surface area (Å²) in [7, 11) is 0. The summed E-state index contributed by atoms with van der Waals surface area (Å²) in [6.45, 7) is 2.91. The standard InChI is InChI=1S/C26H33N7O3/c1-2-32-21(9-10-28-32)26(36)30-24(23(15-3-4-15)16-5-6-16)20-14-33-22(29-20)8-7-18(31-33)11-17-12-19(34)13-27-25(17)35/h7-10,14-17,19,23-24,34H,2-6,11-13H2,1H3,(H,27,35)(H,30,36)/t17?,19?,24-/m1/s1. The van der Waals surface area contributed by atoms with E-state index in [-0.39, 0.29) is 23.8 Å². The molecule has 10 nitrogen and oxygen atoms in total. The molecule has 6 rings (SSSR count). The number of hydrogen-bond donors (Lipinski definition) is 3. The third-order valence-corrected chi connectivity index (χ3v) is 7.86. The lowest BCUT2D eigenvalue weighted by atomic mass is 9.87. The van der Waals surface area contributed by atoms with Gasteiger partial charge in [0, 0.05) is 31.6 Å². The molecule has 0 aromatic carbocycles. The summed E-state index contributed by atoms with van der Waals surface area (Å²) in [5.41, 5.74) is 2.87. The second-order valence-electron chi connectivity index (χ2n) is 10.6. The zero-order valence-electron chi connectivity index (χ0n) is 20.5. The molecule has 1 saturated heterocycles. The van der Waals surface area contributed by atoms with Crippen molar-refractivity contribution in [2.45, 2.75) is 64.1 Å². The van der Waals surface area contributed by atoms with Gasteiger partial charge < -0.3 is 15.7 Å². The van der Waals surface area contributed by atoms with E-state index < -0.39 is 6.10 Å². The Morgan fingerprint density at radius 2 is 2.00 bits per heavy atom. The number of aromatic nitrogens is 5. The van der Waals surface area contributed by atoms with Gasteiger partial charge in [-0.25, -0.2) is 9.50 Å². The maximum atomic E-state index is 13.3. The van der Waals surface area contributed by atoms with E-state index in [0.717, 1.165) is 11.4 Å². The van der Waals surface area contributed by atoms with Gasteiger partial charge in [-0.15, -0.1) is 0 Å². The maximum Gasteiger partial charge on any atom is 0.270 e. The molecule has 2 unspecified atom stereocenters. The molecule has 2 aliphatic carbocycles. The quantitative estimate of drug-likeness (QED) is 0.420. The highest BCUT2D eigenvalue weighted by Crippen LogP contribution is 2.54. The van der Waals surface area contributed by atoms with Gasteiger partial charge in [-0.05, 0) is 75.0 Å². The number of amides is 2. The molecular weight excluding hydrogens is 458 g/mol. The fraction of sp³-hybridized carbons (Fsp3) is 0.577. The van der Waals surface area contributed by atoms with Gasteiger partial charge in [-0.2, -0.15) is 10.2 Å². The molecule has 3 atom stereocenters. The van der Waals surface area contributed by atoms with Gasteiger partial charge in [0.1, 0.15) is 5.69 Å². The molecule has 4 heterocycles. The third kappa shape index (κ3) is 4.61. The van der Waals surface area contributed by atoms with E-state index in [0.29, 0.717) is 55.0 Å². The SMILES string of the molecule is CCn1nccc1C(=O)N[C@H](c1cn2nc(CC3CC(O)CNC3=O)ccc2n1)C(C1CC1)C1CC1. The van der Waals surface area contributed by atoms with E-state index in [4.69, 9.17) is 10.1 Å². The second-order valence-corrected chi connectivity index (χ2v) is 10.6. The normalized spacial score (nSPS) is 23.1. The van der Waals surface area contributed by atoms with Crippen LogP contribution in [0.2, 0.25) is 0 Å². The fourth-order valence-electron chi connectivity index (χ4n) is 5.76. The van der Waals surface area contributed by atoms with Crippen molar-refractivity contribution < 1.29 is 14.7 Å². The Bertz CT molecular complexity index is 1260. The summed E-state index contributed by atoms with van der Waals surface area (Å²) < 4.78 is 3.47. The monoisotopic (exact) mass is 491 g/mol. The predicted molar refractivity (Wildman–Crippen MR) is 131 cm³/mol. The summed E-state index contributed by atoms with van der Waals surface area (Å²) in [5, 5.41) is 25.0. The van der Waals surface area contributed by atoms with Crippen molar-refractivity contribution in [1.82, 2.24) is 35.0 Å². The molecule has 3 aromatic heterocycles. The van der Waals surface area contributed by atoms with Crippen molar-refractivity contribution in [3.8, 4) is 0 Å². The summed E-state index contributed by atoms with van der Waals surface area (Å²) in [5.74, 6) is 1.12. The topological polar surface area (TPSA) is 126 Å². The van der Waals surface area contributed by atoms with Crippen molar-refractivity contribution in [1.29, 1.82) is 0 Å². The Balaban J connectivity index is 1.29. The van der Waals surface area contributed by atoms with Crippen LogP contribution in [0.15, 0.2) is 30.6 Å². The van der Waals surface area contributed by atoms with E-state index in [1.54, 1.807) is 21.5 Å². The highest BCUT2D eigenvalue weighted by molar-refractivity contribution is 5.92. The minimum atomic E-state index is -0.522. The molecule has 36 heavy (non-hydrogen) atoms. The molecule has 3 aromatic rings. The first-order valence-corrected chi connectivity index (χ1v) is 13.1. The first-order valence-electron chi connectivity index (χ1n) is 13.1. The van der Waals surface area contributed by atoms with Crippen LogP contribution in [0.3, 0.4) is 0 Å². The Hall–Kier alpha value is -3.27. The molecule has 2 amide bonds. The van der Waals surface area contributed by atoms with Gasteiger partial charge in [-0.3, -0.25) is 14.3 Å². The Morgan fingerprint density at radius 3 is 2.72 bits per heavy atom. The number of hydrogen-bond acceptors (Lipinski definition) is 6. The molecule has 10 heteroatoms. The molecule has 3 aliphatic rings. The Kier molecular flexibility index (Phi) is 5.99. The molecular formula is C26H33N7O3. The van der Waals surface area contributed by atoms with Crippen LogP contribution < -0.4 is 10.6 Å². The largest absolute Gasteiger partial charge is 0.391 e. The lowest BCUT2D eigenvalue weighted by Crippen LogP contribution is -2.44. The van der Waals surface area contributed by atoms with Gasteiger partial charge in [0.05, 0.1) is 29.7 Å². The fourth-order valence-corrected chi connectivity index (χ4v) is 5.76. The lowest BCUT2D eigenvalue weighted by Gasteiger charge is -2.27. The molecule has 190 valence electrons. The second kappa shape index (κ2) is 9.31. The number of β-amino-alcohol motifs (C(OH)–C–C–N with tert-alkyl or cyclic N) is 1. The number of piperidine rings is 1. The van der Waals surface area contributed by atoms with Crippen LogP contribution in [0.25, 0.3) is 5.65 Å². The zero-order valence-corrected chi connectivity index (χ0v) is 20.5. The highest BCUT2D eigenvalue weighted by Gasteiger charge is 2.47. The van der Waals surface area contributed by atoms with Crippen molar-refractivity contribution in [2.24, 2.45) is 23.7 Å². The van der Waals surface area contributed by atoms with Gasteiger partial charge in [0.25, 0.3) is 5.91 Å². The van der Waals surface area contributed by atoms with Crippen molar-refractivity contribution in [3.05, 3.63) is 47.7 Å². The average molecular weight is 492 g/mol. The number of carbonyl (C=O) groups excluding carboxylic acids is 2. The highest BCUT2D eigenvalue weighted by atomic mass is 16.3. The number of rotatable bonds is 9. The van der Waals surface area contributed by atoms with Crippen LogP contribution in [0.5, 0.6) is 0 Å². The molecule has 0 spiro atoms. The van der Waals surface area contributed by atoms with E-state index >= 15 is 0 Å². The molecule has 0 bridgehead atoms. The van der Waals surface area contributed by atoms with E-state index in [9.17, 15) is 14.7 Å². The summed E-state index contributed by atoms with van der Waals surface area (Å²) in [6.07, 6.45) is 8.76. The zero-order chi connectivity index (χ0) is 24.8. The van der Waals surface area contributed by atoms with E-state index in [2.05, 4.69) is 15.7 Å². The van der Waals surface area contributed by atoms with E-state index in [1.165, 1.54) is 25.7 Å². The number of aliphatic hydroxyl groups is 1. The van der Waals surface area contributed by atoms with Crippen LogP contribution in [0, 0.1) is 23.7 Å². The average Bonchev–Trinajstić information content (AvgIpc) is 3.79. The number of aliphatic hydroxyl groups excluding tert-OH is 1. The minimum Gasteiger partial charge on any atom is -0.391 e. The summed E-state index contributed by atoms with van der Waals surface area (Å²) in [4.78, 5) is 30.5. The number of fused-ring (bicyclic) bond motifs is 1. The van der Waals surface area contributed by atoms with Crippen LogP contribution in [-0.4, -0.2) is 53.9 Å². The molecule has 3 fully saturated rings. The van der Waals surface area contributed by atoms with Crippen LogP contribution >= 0.6 is 0 Å². The van der Waals surface area contributed by atoms with Crippen LogP contribution in [0.1, 0.15) is 66.9 Å². The molecule has 3 N–H and O–H groups in total. The number of aryl methyl sites for hydroxylation is 1. The van der Waals surface area contributed by atoms with Crippen LogP contribution in [-0.2, 0) is 17.8 Å². The number of imidazole rings is 1. The van der Waals surface area contributed by atoms with Gasteiger partial charge in [0.15, 0.2) is 5.65 Å². The van der Waals surface area contributed by atoms with Gasteiger partial charge in [-0.1, -0.05) is 0 Å². The third-order valence-electron chi connectivity index (χ3n) is 7.86. The van der Waals surface area contributed by atoms with Gasteiger partial charge >= 0.3 is 0 Å². The van der Waals surface area contributed by atoms with Gasteiger partial charge in [0.2, 0.25) is 5.91 Å². The van der Waals surface area contributed by atoms with Crippen LogP contribution in [0.4, 0.5) is 0 Å². The number of nitrogens with one attached hydrogen (secondary N) is 2. The molecule has 2 saturated carbocycles. The maximum absolute atomic E-state index is 13.3. The molecule has 1 aliphatic heterocycles.